The molecule has 100 valence electrons. The monoisotopic (exact) mass is 280 g/mol. The molecule has 1 atom stereocenters. The quantitative estimate of drug-likeness (QED) is 0.939. The molecule has 1 aromatic heterocycles. The summed E-state index contributed by atoms with van der Waals surface area (Å²) in [6.07, 6.45) is 1.45. The van der Waals surface area contributed by atoms with Crippen LogP contribution in [0.15, 0.2) is 35.1 Å². The first kappa shape index (κ1) is 13.4. The Kier molecular flexibility index (Phi) is 3.76. The van der Waals surface area contributed by atoms with Crippen LogP contribution >= 0.6 is 11.6 Å². The molecule has 1 N–H and O–H groups in total. The lowest BCUT2D eigenvalue weighted by Crippen LogP contribution is -2.29. The van der Waals surface area contributed by atoms with Gasteiger partial charge in [-0.05, 0) is 25.1 Å². The van der Waals surface area contributed by atoms with Gasteiger partial charge in [-0.15, -0.1) is 0 Å². The van der Waals surface area contributed by atoms with Gasteiger partial charge < -0.3 is 14.5 Å². The third kappa shape index (κ3) is 2.71. The van der Waals surface area contributed by atoms with Gasteiger partial charge in [0.2, 0.25) is 0 Å². The Morgan fingerprint density at radius 2 is 2.21 bits per heavy atom. The van der Waals surface area contributed by atoms with E-state index in [0.717, 1.165) is 0 Å². The highest BCUT2D eigenvalue weighted by Gasteiger charge is 2.23. The van der Waals surface area contributed by atoms with Crippen LogP contribution in [0.3, 0.4) is 0 Å². The number of amides is 1. The second kappa shape index (κ2) is 5.32. The SMILES string of the molecule is CC(c1ccon1)N(C)C(=O)c1cc(Cl)ccc1O. The van der Waals surface area contributed by atoms with Gasteiger partial charge in [0.15, 0.2) is 0 Å². The number of rotatable bonds is 3. The Morgan fingerprint density at radius 3 is 2.84 bits per heavy atom. The Hall–Kier alpha value is -2.01. The lowest BCUT2D eigenvalue weighted by atomic mass is 10.1. The van der Waals surface area contributed by atoms with Gasteiger partial charge in [-0.25, -0.2) is 0 Å². The third-order valence-electron chi connectivity index (χ3n) is 2.98. The Bertz CT molecular complexity index is 584. The second-order valence-electron chi connectivity index (χ2n) is 4.18. The molecule has 1 unspecified atom stereocenters. The topological polar surface area (TPSA) is 66.6 Å². The maximum absolute atomic E-state index is 12.3. The molecule has 0 bridgehead atoms. The number of halogens is 1. The van der Waals surface area contributed by atoms with E-state index in [1.54, 1.807) is 13.1 Å². The molecule has 2 aromatic rings. The summed E-state index contributed by atoms with van der Waals surface area (Å²) in [5.74, 6) is -0.441. The number of hydrogen-bond acceptors (Lipinski definition) is 4. The van der Waals surface area contributed by atoms with Crippen molar-refractivity contribution in [1.29, 1.82) is 0 Å². The van der Waals surface area contributed by atoms with E-state index in [-0.39, 0.29) is 23.3 Å². The maximum Gasteiger partial charge on any atom is 0.257 e. The molecule has 0 aliphatic carbocycles. The molecular formula is C13H13ClN2O3. The van der Waals surface area contributed by atoms with E-state index in [4.69, 9.17) is 16.1 Å². The Balaban J connectivity index is 2.26. The van der Waals surface area contributed by atoms with Crippen LogP contribution in [0.1, 0.15) is 29.0 Å². The van der Waals surface area contributed by atoms with Crippen molar-refractivity contribution in [3.05, 3.63) is 46.8 Å². The van der Waals surface area contributed by atoms with Crippen molar-refractivity contribution in [3.63, 3.8) is 0 Å². The number of nitrogens with zero attached hydrogens (tertiary/aromatic N) is 2. The third-order valence-corrected chi connectivity index (χ3v) is 3.21. The van der Waals surface area contributed by atoms with E-state index in [9.17, 15) is 9.90 Å². The summed E-state index contributed by atoms with van der Waals surface area (Å²) in [5, 5.41) is 13.9. The van der Waals surface area contributed by atoms with Crippen molar-refractivity contribution in [2.24, 2.45) is 0 Å². The average molecular weight is 281 g/mol. The minimum absolute atomic E-state index is 0.103. The molecule has 0 saturated heterocycles. The van der Waals surface area contributed by atoms with Crippen molar-refractivity contribution in [3.8, 4) is 5.75 Å². The van der Waals surface area contributed by atoms with Gasteiger partial charge in [-0.1, -0.05) is 16.8 Å². The number of phenols is 1. The fourth-order valence-electron chi connectivity index (χ4n) is 1.68. The highest BCUT2D eigenvalue weighted by atomic mass is 35.5. The molecule has 2 rings (SSSR count). The molecule has 0 aliphatic rings. The summed E-state index contributed by atoms with van der Waals surface area (Å²) < 4.78 is 4.76. The summed E-state index contributed by atoms with van der Waals surface area (Å²) in [6.45, 7) is 1.82. The first-order valence-corrected chi connectivity index (χ1v) is 6.04. The van der Waals surface area contributed by atoms with Crippen LogP contribution in [0, 0.1) is 0 Å². The van der Waals surface area contributed by atoms with Gasteiger partial charge >= 0.3 is 0 Å². The molecular weight excluding hydrogens is 268 g/mol. The lowest BCUT2D eigenvalue weighted by Gasteiger charge is -2.23. The molecule has 1 aromatic carbocycles. The van der Waals surface area contributed by atoms with E-state index >= 15 is 0 Å². The highest BCUT2D eigenvalue weighted by Crippen LogP contribution is 2.26. The van der Waals surface area contributed by atoms with Gasteiger partial charge in [0.1, 0.15) is 17.7 Å². The highest BCUT2D eigenvalue weighted by molar-refractivity contribution is 6.31. The molecule has 5 nitrogen and oxygen atoms in total. The molecule has 0 aliphatic heterocycles. The van der Waals surface area contributed by atoms with E-state index in [1.165, 1.54) is 29.4 Å². The van der Waals surface area contributed by atoms with Gasteiger partial charge in [0, 0.05) is 18.1 Å². The second-order valence-corrected chi connectivity index (χ2v) is 4.61. The standard InChI is InChI=1S/C13H13ClN2O3/c1-8(11-5-6-19-15-11)16(2)13(18)10-7-9(14)3-4-12(10)17/h3-8,17H,1-2H3. The minimum atomic E-state index is -0.337. The lowest BCUT2D eigenvalue weighted by molar-refractivity contribution is 0.0734. The van der Waals surface area contributed by atoms with E-state index in [2.05, 4.69) is 5.16 Å². The first-order valence-electron chi connectivity index (χ1n) is 5.66. The van der Waals surface area contributed by atoms with Crippen molar-refractivity contribution < 1.29 is 14.4 Å². The number of aromatic nitrogens is 1. The van der Waals surface area contributed by atoms with Crippen LogP contribution in [-0.2, 0) is 0 Å². The molecule has 0 fully saturated rings. The van der Waals surface area contributed by atoms with Crippen LogP contribution in [0.25, 0.3) is 0 Å². The molecule has 0 spiro atoms. The van der Waals surface area contributed by atoms with Crippen molar-refractivity contribution in [2.75, 3.05) is 7.05 Å². The average Bonchev–Trinajstić information content (AvgIpc) is 2.93. The maximum atomic E-state index is 12.3. The van der Waals surface area contributed by atoms with Crippen molar-refractivity contribution in [1.82, 2.24) is 10.1 Å². The summed E-state index contributed by atoms with van der Waals surface area (Å²) in [6, 6.07) is 5.76. The number of benzene rings is 1. The fraction of sp³-hybridized carbons (Fsp3) is 0.231. The van der Waals surface area contributed by atoms with E-state index in [0.29, 0.717) is 10.7 Å². The van der Waals surface area contributed by atoms with Crippen molar-refractivity contribution >= 4 is 17.5 Å². The molecule has 0 radical (unpaired) electrons. The van der Waals surface area contributed by atoms with Crippen LogP contribution < -0.4 is 0 Å². The minimum Gasteiger partial charge on any atom is -0.507 e. The number of aromatic hydroxyl groups is 1. The number of carbonyl (C=O) groups is 1. The van der Waals surface area contributed by atoms with Gasteiger partial charge in [-0.2, -0.15) is 0 Å². The van der Waals surface area contributed by atoms with Gasteiger partial charge in [0.25, 0.3) is 5.91 Å². The predicted octanol–water partition coefficient (Wildman–Crippen LogP) is 2.87. The fourth-order valence-corrected chi connectivity index (χ4v) is 1.85. The predicted molar refractivity (Wildman–Crippen MR) is 70.1 cm³/mol. The normalized spacial score (nSPS) is 12.2. The summed E-state index contributed by atoms with van der Waals surface area (Å²) in [4.78, 5) is 13.8. The van der Waals surface area contributed by atoms with Crippen LogP contribution in [0.2, 0.25) is 5.02 Å². The summed E-state index contributed by atoms with van der Waals surface area (Å²) in [7, 11) is 1.63. The van der Waals surface area contributed by atoms with Crippen LogP contribution in [0.4, 0.5) is 0 Å². The van der Waals surface area contributed by atoms with Crippen molar-refractivity contribution in [2.45, 2.75) is 13.0 Å². The molecule has 1 amide bonds. The number of carbonyl (C=O) groups excluding carboxylic acids is 1. The van der Waals surface area contributed by atoms with Crippen LogP contribution in [-0.4, -0.2) is 28.1 Å². The number of phenolic OH excluding ortho intramolecular Hbond substituents is 1. The summed E-state index contributed by atoms with van der Waals surface area (Å²) in [5.41, 5.74) is 0.794. The molecule has 0 saturated carbocycles. The van der Waals surface area contributed by atoms with Gasteiger partial charge in [-0.3, -0.25) is 4.79 Å². The molecule has 1 heterocycles. The van der Waals surface area contributed by atoms with E-state index < -0.39 is 0 Å². The largest absolute Gasteiger partial charge is 0.507 e. The zero-order valence-electron chi connectivity index (χ0n) is 10.5. The van der Waals surface area contributed by atoms with Crippen LogP contribution in [0.5, 0.6) is 5.75 Å². The smallest absolute Gasteiger partial charge is 0.257 e. The zero-order chi connectivity index (χ0) is 14.0. The zero-order valence-corrected chi connectivity index (χ0v) is 11.3. The van der Waals surface area contributed by atoms with Gasteiger partial charge in [0.05, 0.1) is 11.6 Å². The molecule has 19 heavy (non-hydrogen) atoms. The Morgan fingerprint density at radius 1 is 1.47 bits per heavy atom. The van der Waals surface area contributed by atoms with E-state index in [1.807, 2.05) is 6.92 Å². The number of hydrogen-bond donors (Lipinski definition) is 1. The Labute approximate surface area is 115 Å². The summed E-state index contributed by atoms with van der Waals surface area (Å²) >= 11 is 5.84. The molecule has 6 heteroatoms. The first-order chi connectivity index (χ1) is 9.00.